The SMILES string of the molecule is OCCC1c2c(c3ccccc3c3ccccc23)-c2c1c1ccccc1c1ccccc21. The van der Waals surface area contributed by atoms with Crippen LogP contribution in [0.25, 0.3) is 54.2 Å². The van der Waals surface area contributed by atoms with Crippen LogP contribution in [0.4, 0.5) is 0 Å². The summed E-state index contributed by atoms with van der Waals surface area (Å²) in [7, 11) is 0. The Morgan fingerprint density at radius 1 is 0.438 bits per heavy atom. The van der Waals surface area contributed by atoms with Crippen LogP contribution in [-0.4, -0.2) is 11.7 Å². The third kappa shape index (κ3) is 2.21. The van der Waals surface area contributed by atoms with Gasteiger partial charge in [-0.2, -0.15) is 0 Å². The van der Waals surface area contributed by atoms with Crippen LogP contribution in [0.5, 0.6) is 0 Å². The average molecular weight is 411 g/mol. The Labute approximate surface area is 186 Å². The van der Waals surface area contributed by atoms with Gasteiger partial charge < -0.3 is 5.11 Å². The molecule has 0 radical (unpaired) electrons. The standard InChI is InChI=1S/C31H22O/c32-18-17-27-28-23-13-5-1-9-19(23)21-11-3-7-15-25(21)30(28)31-26-16-8-4-12-22(26)20-10-2-6-14-24(20)29(27)31/h1-16,27,32H,17-18H2. The molecule has 1 aliphatic rings. The lowest BCUT2D eigenvalue weighted by Crippen LogP contribution is -2.02. The van der Waals surface area contributed by atoms with E-state index >= 15 is 0 Å². The Kier molecular flexibility index (Phi) is 3.73. The van der Waals surface area contributed by atoms with E-state index in [0.29, 0.717) is 0 Å². The topological polar surface area (TPSA) is 20.2 Å². The van der Waals surface area contributed by atoms with Crippen molar-refractivity contribution in [1.29, 1.82) is 0 Å². The second kappa shape index (κ2) is 6.66. The summed E-state index contributed by atoms with van der Waals surface area (Å²) in [5.41, 5.74) is 5.47. The van der Waals surface area contributed by atoms with E-state index in [0.717, 1.165) is 6.42 Å². The predicted molar refractivity (Wildman–Crippen MR) is 135 cm³/mol. The normalized spacial score (nSPS) is 13.3. The molecule has 0 fully saturated rings. The van der Waals surface area contributed by atoms with Gasteiger partial charge in [0.15, 0.2) is 0 Å². The van der Waals surface area contributed by atoms with Gasteiger partial charge in [-0.05, 0) is 71.8 Å². The van der Waals surface area contributed by atoms with Gasteiger partial charge in [0, 0.05) is 12.5 Å². The molecular weight excluding hydrogens is 388 g/mol. The van der Waals surface area contributed by atoms with Gasteiger partial charge in [0.2, 0.25) is 0 Å². The van der Waals surface area contributed by atoms with Crippen molar-refractivity contribution in [2.24, 2.45) is 0 Å². The molecule has 0 unspecified atom stereocenters. The zero-order chi connectivity index (χ0) is 21.2. The van der Waals surface area contributed by atoms with Gasteiger partial charge in [0.05, 0.1) is 0 Å². The summed E-state index contributed by atoms with van der Waals surface area (Å²) in [5.74, 6) is 0.175. The van der Waals surface area contributed by atoms with Gasteiger partial charge in [-0.1, -0.05) is 97.1 Å². The minimum absolute atomic E-state index is 0.172. The molecule has 152 valence electrons. The van der Waals surface area contributed by atoms with E-state index in [9.17, 15) is 5.11 Å². The molecule has 32 heavy (non-hydrogen) atoms. The lowest BCUT2D eigenvalue weighted by Gasteiger charge is -2.18. The minimum Gasteiger partial charge on any atom is -0.396 e. The number of fused-ring (bicyclic) bond motifs is 13. The fourth-order valence-corrected chi connectivity index (χ4v) is 6.16. The first-order valence-electron chi connectivity index (χ1n) is 11.4. The summed E-state index contributed by atoms with van der Waals surface area (Å²) in [5, 5.41) is 20.6. The van der Waals surface area contributed by atoms with E-state index < -0.39 is 0 Å². The quantitative estimate of drug-likeness (QED) is 0.289. The van der Waals surface area contributed by atoms with E-state index in [1.54, 1.807) is 0 Å². The van der Waals surface area contributed by atoms with Gasteiger partial charge in [-0.25, -0.2) is 0 Å². The summed E-state index contributed by atoms with van der Waals surface area (Å²) in [4.78, 5) is 0. The molecule has 6 aromatic rings. The third-order valence-electron chi connectivity index (χ3n) is 7.31. The smallest absolute Gasteiger partial charge is 0.0440 e. The summed E-state index contributed by atoms with van der Waals surface area (Å²) in [6.45, 7) is 0.172. The lowest BCUT2D eigenvalue weighted by atomic mass is 9.86. The first-order valence-corrected chi connectivity index (χ1v) is 11.4. The van der Waals surface area contributed by atoms with Crippen molar-refractivity contribution in [1.82, 2.24) is 0 Å². The van der Waals surface area contributed by atoms with Crippen LogP contribution < -0.4 is 0 Å². The van der Waals surface area contributed by atoms with E-state index in [4.69, 9.17) is 0 Å². The molecule has 1 N–H and O–H groups in total. The van der Waals surface area contributed by atoms with E-state index in [2.05, 4.69) is 97.1 Å². The Morgan fingerprint density at radius 2 is 0.750 bits per heavy atom. The Morgan fingerprint density at radius 3 is 1.12 bits per heavy atom. The molecule has 0 atom stereocenters. The van der Waals surface area contributed by atoms with Crippen LogP contribution in [0, 0.1) is 0 Å². The largest absolute Gasteiger partial charge is 0.396 e. The van der Waals surface area contributed by atoms with Crippen molar-refractivity contribution in [3.63, 3.8) is 0 Å². The number of aliphatic hydroxyl groups excluding tert-OH is 1. The van der Waals surface area contributed by atoms with Crippen LogP contribution in [0.3, 0.4) is 0 Å². The zero-order valence-corrected chi connectivity index (χ0v) is 17.7. The van der Waals surface area contributed by atoms with Crippen molar-refractivity contribution in [3.05, 3.63) is 108 Å². The van der Waals surface area contributed by atoms with Crippen molar-refractivity contribution in [3.8, 4) is 11.1 Å². The predicted octanol–water partition coefficient (Wildman–Crippen LogP) is 7.79. The number of aliphatic hydroxyl groups is 1. The maximum absolute atomic E-state index is 10.1. The van der Waals surface area contributed by atoms with Crippen molar-refractivity contribution < 1.29 is 5.11 Å². The molecule has 0 bridgehead atoms. The molecule has 0 aromatic heterocycles. The van der Waals surface area contributed by atoms with E-state index in [-0.39, 0.29) is 12.5 Å². The van der Waals surface area contributed by atoms with Crippen LogP contribution in [-0.2, 0) is 0 Å². The minimum atomic E-state index is 0.172. The van der Waals surface area contributed by atoms with Crippen molar-refractivity contribution >= 4 is 43.1 Å². The third-order valence-corrected chi connectivity index (χ3v) is 7.31. The molecule has 6 aromatic carbocycles. The second-order valence-corrected chi connectivity index (χ2v) is 8.82. The van der Waals surface area contributed by atoms with Crippen molar-refractivity contribution in [2.75, 3.05) is 6.61 Å². The highest BCUT2D eigenvalue weighted by Crippen LogP contribution is 2.57. The van der Waals surface area contributed by atoms with Crippen LogP contribution in [0.15, 0.2) is 97.1 Å². The summed E-state index contributed by atoms with van der Waals surface area (Å²) < 4.78 is 0. The van der Waals surface area contributed by atoms with Crippen LogP contribution >= 0.6 is 0 Å². The summed E-state index contributed by atoms with van der Waals surface area (Å²) in [6, 6.07) is 35.2. The zero-order valence-electron chi connectivity index (χ0n) is 17.7. The molecule has 0 saturated heterocycles. The fourth-order valence-electron chi connectivity index (χ4n) is 6.16. The van der Waals surface area contributed by atoms with Crippen LogP contribution in [0.1, 0.15) is 23.5 Å². The Hall–Kier alpha value is -3.68. The maximum Gasteiger partial charge on any atom is 0.0440 e. The van der Waals surface area contributed by atoms with E-state index in [1.165, 1.54) is 65.3 Å². The fraction of sp³-hybridized carbons (Fsp3) is 0.0968. The molecule has 1 nitrogen and oxygen atoms in total. The summed E-state index contributed by atoms with van der Waals surface area (Å²) >= 11 is 0. The molecule has 1 heteroatoms. The molecule has 7 rings (SSSR count). The highest BCUT2D eigenvalue weighted by Gasteiger charge is 2.35. The van der Waals surface area contributed by atoms with Gasteiger partial charge in [0.25, 0.3) is 0 Å². The molecule has 0 aliphatic heterocycles. The second-order valence-electron chi connectivity index (χ2n) is 8.82. The molecular formula is C31H22O. The highest BCUT2D eigenvalue weighted by atomic mass is 16.3. The molecule has 0 spiro atoms. The lowest BCUT2D eigenvalue weighted by molar-refractivity contribution is 0.282. The molecule has 0 amide bonds. The van der Waals surface area contributed by atoms with Crippen molar-refractivity contribution in [2.45, 2.75) is 12.3 Å². The molecule has 0 heterocycles. The van der Waals surface area contributed by atoms with E-state index in [1.807, 2.05) is 0 Å². The average Bonchev–Trinajstić information content (AvgIpc) is 3.20. The molecule has 1 aliphatic carbocycles. The first kappa shape index (κ1) is 17.9. The maximum atomic E-state index is 10.1. The van der Waals surface area contributed by atoms with Gasteiger partial charge in [-0.15, -0.1) is 0 Å². The van der Waals surface area contributed by atoms with Crippen LogP contribution in [0.2, 0.25) is 0 Å². The number of hydrogen-bond acceptors (Lipinski definition) is 1. The Bertz CT molecular complexity index is 1570. The molecule has 0 saturated carbocycles. The van der Waals surface area contributed by atoms with Gasteiger partial charge in [-0.3, -0.25) is 0 Å². The number of hydrogen-bond donors (Lipinski definition) is 1. The first-order chi connectivity index (χ1) is 15.9. The number of benzene rings is 6. The number of rotatable bonds is 2. The Balaban J connectivity index is 1.81. The summed E-state index contributed by atoms with van der Waals surface area (Å²) in [6.07, 6.45) is 0.727. The van der Waals surface area contributed by atoms with Gasteiger partial charge in [0.1, 0.15) is 0 Å². The van der Waals surface area contributed by atoms with Gasteiger partial charge >= 0.3 is 0 Å². The highest BCUT2D eigenvalue weighted by molar-refractivity contribution is 6.25. The monoisotopic (exact) mass is 410 g/mol.